The van der Waals surface area contributed by atoms with E-state index in [1.165, 1.54) is 17.7 Å². The minimum atomic E-state index is -0.546. The Bertz CT molecular complexity index is 1070. The molecular weight excluding hydrogens is 424 g/mol. The van der Waals surface area contributed by atoms with Gasteiger partial charge < -0.3 is 26.2 Å². The van der Waals surface area contributed by atoms with Crippen molar-refractivity contribution in [3.8, 4) is 0 Å². The van der Waals surface area contributed by atoms with Crippen LogP contribution in [0.15, 0.2) is 36.0 Å². The summed E-state index contributed by atoms with van der Waals surface area (Å²) < 4.78 is 4.44. The van der Waals surface area contributed by atoms with Crippen LogP contribution in [0, 0.1) is 0 Å². The number of nitrogens with one attached hydrogen (secondary N) is 2. The number of amides is 1. The van der Waals surface area contributed by atoms with Crippen LogP contribution in [0.2, 0.25) is 0 Å². The molecule has 1 saturated heterocycles. The molecule has 0 saturated carbocycles. The van der Waals surface area contributed by atoms with E-state index >= 15 is 0 Å². The van der Waals surface area contributed by atoms with E-state index in [2.05, 4.69) is 61.7 Å². The lowest BCUT2D eigenvalue weighted by molar-refractivity contribution is 0.100. The van der Waals surface area contributed by atoms with Crippen molar-refractivity contribution in [1.29, 1.82) is 0 Å². The van der Waals surface area contributed by atoms with E-state index in [1.807, 2.05) is 17.6 Å². The zero-order valence-corrected chi connectivity index (χ0v) is 19.3. The summed E-state index contributed by atoms with van der Waals surface area (Å²) in [5.74, 6) is 0.943. The van der Waals surface area contributed by atoms with Gasteiger partial charge in [0, 0.05) is 43.8 Å². The van der Waals surface area contributed by atoms with Gasteiger partial charge in [0.05, 0.1) is 34.5 Å². The van der Waals surface area contributed by atoms with E-state index in [-0.39, 0.29) is 5.92 Å². The molecule has 4 rings (SSSR count). The van der Waals surface area contributed by atoms with Gasteiger partial charge in [-0.3, -0.25) is 4.79 Å². The summed E-state index contributed by atoms with van der Waals surface area (Å²) in [6.45, 7) is 8.23. The van der Waals surface area contributed by atoms with Crippen LogP contribution in [-0.2, 0) is 0 Å². The fourth-order valence-electron chi connectivity index (χ4n) is 3.57. The molecule has 0 spiro atoms. The molecule has 0 aliphatic carbocycles. The molecule has 168 valence electrons. The molecule has 3 aromatic rings. The number of hydrogen-bond acceptors (Lipinski definition) is 9. The van der Waals surface area contributed by atoms with Gasteiger partial charge in [-0.05, 0) is 36.6 Å². The fourth-order valence-corrected chi connectivity index (χ4v) is 4.33. The third kappa shape index (κ3) is 4.97. The van der Waals surface area contributed by atoms with Crippen LogP contribution in [0.5, 0.6) is 0 Å². The molecule has 1 amide bonds. The molecule has 0 radical (unpaired) electrons. The molecule has 10 heteroatoms. The largest absolute Gasteiger partial charge is 0.368 e. The summed E-state index contributed by atoms with van der Waals surface area (Å²) in [6.07, 6.45) is 3.34. The lowest BCUT2D eigenvalue weighted by Crippen LogP contribution is -2.44. The number of primary amides is 1. The van der Waals surface area contributed by atoms with Crippen LogP contribution in [-0.4, -0.2) is 58.4 Å². The third-order valence-electron chi connectivity index (χ3n) is 5.46. The zero-order valence-electron chi connectivity index (χ0n) is 18.5. The first kappa shape index (κ1) is 22.0. The Morgan fingerprint density at radius 1 is 1.06 bits per heavy atom. The first-order valence-electron chi connectivity index (χ1n) is 10.6. The van der Waals surface area contributed by atoms with Crippen molar-refractivity contribution in [3.05, 3.63) is 47.2 Å². The molecule has 0 bridgehead atoms. The third-order valence-corrected chi connectivity index (χ3v) is 6.10. The van der Waals surface area contributed by atoms with E-state index in [1.54, 1.807) is 6.07 Å². The number of hydrogen-bond donors (Lipinski definition) is 3. The van der Waals surface area contributed by atoms with Crippen molar-refractivity contribution in [2.75, 3.05) is 48.8 Å². The SMILES string of the molecule is CC(C)c1nscc1Nc1cc(Nc2ccc(N3CCN(C)CC3)cn2)ncc1C(N)=O. The normalized spacial score (nSPS) is 14.6. The smallest absolute Gasteiger partial charge is 0.252 e. The van der Waals surface area contributed by atoms with Crippen LogP contribution in [0.3, 0.4) is 0 Å². The second-order valence-electron chi connectivity index (χ2n) is 8.19. The molecule has 3 aromatic heterocycles. The zero-order chi connectivity index (χ0) is 22.7. The van der Waals surface area contributed by atoms with Crippen LogP contribution in [0.25, 0.3) is 0 Å². The number of nitrogens with zero attached hydrogens (tertiary/aromatic N) is 5. The monoisotopic (exact) mass is 452 g/mol. The maximum atomic E-state index is 11.9. The van der Waals surface area contributed by atoms with Gasteiger partial charge in [0.2, 0.25) is 0 Å². The van der Waals surface area contributed by atoms with Crippen LogP contribution >= 0.6 is 11.5 Å². The van der Waals surface area contributed by atoms with Crippen LogP contribution in [0.1, 0.15) is 35.8 Å². The van der Waals surface area contributed by atoms with Crippen molar-refractivity contribution in [3.63, 3.8) is 0 Å². The van der Waals surface area contributed by atoms with Gasteiger partial charge in [-0.25, -0.2) is 9.97 Å². The number of piperazine rings is 1. The van der Waals surface area contributed by atoms with E-state index in [0.29, 0.717) is 22.9 Å². The summed E-state index contributed by atoms with van der Waals surface area (Å²) in [5.41, 5.74) is 9.37. The maximum absolute atomic E-state index is 11.9. The molecule has 0 unspecified atom stereocenters. The number of aromatic nitrogens is 3. The van der Waals surface area contributed by atoms with Crippen molar-refractivity contribution >= 4 is 46.1 Å². The van der Waals surface area contributed by atoms with Gasteiger partial charge in [0.1, 0.15) is 11.6 Å². The average molecular weight is 453 g/mol. The molecule has 32 heavy (non-hydrogen) atoms. The summed E-state index contributed by atoms with van der Waals surface area (Å²) in [6, 6.07) is 5.76. The van der Waals surface area contributed by atoms with Gasteiger partial charge in [-0.1, -0.05) is 13.8 Å². The quantitative estimate of drug-likeness (QED) is 0.500. The lowest BCUT2D eigenvalue weighted by atomic mass is 10.1. The van der Waals surface area contributed by atoms with Crippen molar-refractivity contribution in [1.82, 2.24) is 19.2 Å². The minimum absolute atomic E-state index is 0.253. The molecule has 1 aliphatic heterocycles. The number of pyridine rings is 2. The number of carbonyl (C=O) groups excluding carboxylic acids is 1. The van der Waals surface area contributed by atoms with Gasteiger partial charge in [-0.15, -0.1) is 0 Å². The highest BCUT2D eigenvalue weighted by Gasteiger charge is 2.16. The Morgan fingerprint density at radius 2 is 1.81 bits per heavy atom. The Morgan fingerprint density at radius 3 is 2.47 bits per heavy atom. The highest BCUT2D eigenvalue weighted by Crippen LogP contribution is 2.30. The number of likely N-dealkylation sites (N-methyl/N-ethyl adjacent to an activating group) is 1. The fraction of sp³-hybridized carbons (Fsp3) is 0.364. The Labute approximate surface area is 191 Å². The van der Waals surface area contributed by atoms with Gasteiger partial charge >= 0.3 is 0 Å². The standard InChI is InChI=1S/C22H28N8OS/c1-14(2)21-18(13-32-28-21)26-17-10-20(25-12-16(17)22(23)31)27-19-5-4-15(11-24-19)30-8-6-29(3)7-9-30/h4-5,10-14H,6-9H2,1-3H3,(H2,23,31)(H2,24,25,26,27). The van der Waals surface area contributed by atoms with Crippen LogP contribution < -0.4 is 21.3 Å². The minimum Gasteiger partial charge on any atom is -0.368 e. The van der Waals surface area contributed by atoms with Gasteiger partial charge in [0.15, 0.2) is 0 Å². The predicted octanol–water partition coefficient (Wildman–Crippen LogP) is 3.39. The Kier molecular flexibility index (Phi) is 6.52. The van der Waals surface area contributed by atoms with E-state index in [9.17, 15) is 4.79 Å². The highest BCUT2D eigenvalue weighted by atomic mass is 32.1. The van der Waals surface area contributed by atoms with Crippen LogP contribution in [0.4, 0.5) is 28.7 Å². The van der Waals surface area contributed by atoms with E-state index < -0.39 is 5.91 Å². The summed E-state index contributed by atoms with van der Waals surface area (Å²) in [5, 5.41) is 8.44. The number of anilines is 5. The molecule has 0 atom stereocenters. The number of rotatable bonds is 7. The lowest BCUT2D eigenvalue weighted by Gasteiger charge is -2.33. The second kappa shape index (κ2) is 9.49. The molecule has 4 heterocycles. The number of carbonyl (C=O) groups is 1. The molecule has 1 aliphatic rings. The first-order valence-corrected chi connectivity index (χ1v) is 11.4. The predicted molar refractivity (Wildman–Crippen MR) is 129 cm³/mol. The molecule has 1 fully saturated rings. The number of nitrogens with two attached hydrogens (primary N) is 1. The van der Waals surface area contributed by atoms with Gasteiger partial charge in [-0.2, -0.15) is 4.37 Å². The molecule has 0 aromatic carbocycles. The summed E-state index contributed by atoms with van der Waals surface area (Å²) >= 11 is 1.37. The summed E-state index contributed by atoms with van der Waals surface area (Å²) in [7, 11) is 2.14. The highest BCUT2D eigenvalue weighted by molar-refractivity contribution is 7.04. The average Bonchev–Trinajstić information content (AvgIpc) is 3.23. The van der Waals surface area contributed by atoms with Crippen molar-refractivity contribution < 1.29 is 4.79 Å². The van der Waals surface area contributed by atoms with Crippen molar-refractivity contribution in [2.45, 2.75) is 19.8 Å². The maximum Gasteiger partial charge on any atom is 0.252 e. The molecule has 9 nitrogen and oxygen atoms in total. The Hall–Kier alpha value is -3.24. The first-order chi connectivity index (χ1) is 15.4. The molecule has 4 N–H and O–H groups in total. The van der Waals surface area contributed by atoms with E-state index in [0.717, 1.165) is 43.2 Å². The topological polar surface area (TPSA) is 112 Å². The second-order valence-corrected chi connectivity index (χ2v) is 8.82. The van der Waals surface area contributed by atoms with E-state index in [4.69, 9.17) is 5.73 Å². The van der Waals surface area contributed by atoms with Crippen molar-refractivity contribution in [2.24, 2.45) is 5.73 Å². The van der Waals surface area contributed by atoms with Gasteiger partial charge in [0.25, 0.3) is 5.91 Å². The Balaban J connectivity index is 1.52. The molecular formula is C22H28N8OS. The summed E-state index contributed by atoms with van der Waals surface area (Å²) in [4.78, 5) is 25.5.